The van der Waals surface area contributed by atoms with Crippen LogP contribution >= 0.6 is 11.8 Å². The summed E-state index contributed by atoms with van der Waals surface area (Å²) < 4.78 is 0. The van der Waals surface area contributed by atoms with Crippen LogP contribution in [0.5, 0.6) is 0 Å². The van der Waals surface area contributed by atoms with Crippen molar-refractivity contribution in [3.63, 3.8) is 0 Å². The number of carbonyl (C=O) groups excluding carboxylic acids is 1. The van der Waals surface area contributed by atoms with Crippen LogP contribution in [0.3, 0.4) is 0 Å². The molecular formula is C16H23N3OS. The third-order valence-corrected chi connectivity index (χ3v) is 5.33. The zero-order chi connectivity index (χ0) is 14.7. The average molecular weight is 305 g/mol. The van der Waals surface area contributed by atoms with Crippen molar-refractivity contribution in [1.29, 1.82) is 0 Å². The Hall–Kier alpha value is -1.23. The van der Waals surface area contributed by atoms with Crippen LogP contribution in [-0.4, -0.2) is 53.5 Å². The van der Waals surface area contributed by atoms with Crippen LogP contribution in [0.15, 0.2) is 18.3 Å². The molecule has 3 heterocycles. The third-order valence-electron chi connectivity index (χ3n) is 4.39. The first-order chi connectivity index (χ1) is 10.2. The lowest BCUT2D eigenvalue weighted by atomic mass is 9.95. The summed E-state index contributed by atoms with van der Waals surface area (Å²) >= 11 is 1.95. The molecule has 0 aromatic carbocycles. The monoisotopic (exact) mass is 305 g/mol. The number of aryl methyl sites for hydroxylation is 1. The van der Waals surface area contributed by atoms with Crippen molar-refractivity contribution >= 4 is 23.5 Å². The normalized spacial score (nSPS) is 20.6. The second-order valence-corrected chi connectivity index (χ2v) is 7.12. The molecule has 2 aliphatic rings. The maximum absolute atomic E-state index is 12.5. The number of pyridine rings is 1. The van der Waals surface area contributed by atoms with Crippen molar-refractivity contribution in [3.8, 4) is 0 Å². The zero-order valence-corrected chi connectivity index (χ0v) is 13.4. The Morgan fingerprint density at radius 3 is 2.62 bits per heavy atom. The van der Waals surface area contributed by atoms with Gasteiger partial charge in [-0.1, -0.05) is 0 Å². The van der Waals surface area contributed by atoms with Crippen molar-refractivity contribution in [2.45, 2.75) is 19.8 Å². The maximum Gasteiger partial charge on any atom is 0.225 e. The molecule has 0 aliphatic carbocycles. The van der Waals surface area contributed by atoms with E-state index in [2.05, 4.69) is 27.8 Å². The highest BCUT2D eigenvalue weighted by Crippen LogP contribution is 2.24. The van der Waals surface area contributed by atoms with Gasteiger partial charge in [-0.3, -0.25) is 4.79 Å². The Kier molecular flexibility index (Phi) is 4.68. The lowest BCUT2D eigenvalue weighted by Gasteiger charge is -2.36. The highest BCUT2D eigenvalue weighted by molar-refractivity contribution is 7.99. The van der Waals surface area contributed by atoms with Crippen LogP contribution in [0, 0.1) is 12.8 Å². The summed E-state index contributed by atoms with van der Waals surface area (Å²) in [6.45, 7) is 5.84. The number of piperidine rings is 1. The van der Waals surface area contributed by atoms with E-state index in [9.17, 15) is 4.79 Å². The molecule has 2 fully saturated rings. The molecule has 0 bridgehead atoms. The van der Waals surface area contributed by atoms with Gasteiger partial charge < -0.3 is 9.80 Å². The molecule has 0 spiro atoms. The number of rotatable bonds is 2. The fourth-order valence-electron chi connectivity index (χ4n) is 3.09. The van der Waals surface area contributed by atoms with E-state index in [4.69, 9.17) is 0 Å². The molecule has 114 valence electrons. The first kappa shape index (κ1) is 14.7. The topological polar surface area (TPSA) is 36.4 Å². The van der Waals surface area contributed by atoms with Gasteiger partial charge in [0.05, 0.1) is 0 Å². The van der Waals surface area contributed by atoms with Crippen LogP contribution in [0.25, 0.3) is 0 Å². The Bertz CT molecular complexity index is 494. The van der Waals surface area contributed by atoms with Crippen molar-refractivity contribution in [2.75, 3.05) is 42.6 Å². The summed E-state index contributed by atoms with van der Waals surface area (Å²) in [6.07, 6.45) is 3.78. The fraction of sp³-hybridized carbons (Fsp3) is 0.625. The van der Waals surface area contributed by atoms with E-state index in [-0.39, 0.29) is 5.92 Å². The molecular weight excluding hydrogens is 282 g/mol. The number of aromatic nitrogens is 1. The molecule has 0 N–H and O–H groups in total. The van der Waals surface area contributed by atoms with E-state index in [1.165, 1.54) is 5.56 Å². The van der Waals surface area contributed by atoms with Crippen LogP contribution in [0.2, 0.25) is 0 Å². The molecule has 0 radical (unpaired) electrons. The van der Waals surface area contributed by atoms with E-state index < -0.39 is 0 Å². The molecule has 2 aliphatic heterocycles. The fourth-order valence-corrected chi connectivity index (χ4v) is 3.99. The Morgan fingerprint density at radius 2 is 1.95 bits per heavy atom. The molecule has 3 rings (SSSR count). The van der Waals surface area contributed by atoms with E-state index in [1.54, 1.807) is 0 Å². The molecule has 21 heavy (non-hydrogen) atoms. The highest BCUT2D eigenvalue weighted by Gasteiger charge is 2.29. The quantitative estimate of drug-likeness (QED) is 0.839. The minimum Gasteiger partial charge on any atom is -0.357 e. The average Bonchev–Trinajstić information content (AvgIpc) is 2.55. The minimum absolute atomic E-state index is 0.217. The summed E-state index contributed by atoms with van der Waals surface area (Å²) in [6, 6.07) is 4.15. The van der Waals surface area contributed by atoms with Gasteiger partial charge in [0, 0.05) is 49.8 Å². The standard InChI is InChI=1S/C16H23N3OS/c1-13-2-5-17-15(12-13)18-6-3-14(4-7-18)16(20)19-8-10-21-11-9-19/h2,5,12,14H,3-4,6-11H2,1H3. The smallest absolute Gasteiger partial charge is 0.225 e. The largest absolute Gasteiger partial charge is 0.357 e. The summed E-state index contributed by atoms with van der Waals surface area (Å²) in [7, 11) is 0. The van der Waals surface area contributed by atoms with Gasteiger partial charge in [0.25, 0.3) is 0 Å². The zero-order valence-electron chi connectivity index (χ0n) is 12.6. The predicted molar refractivity (Wildman–Crippen MR) is 87.8 cm³/mol. The SMILES string of the molecule is Cc1ccnc(N2CCC(C(=O)N3CCSCC3)CC2)c1. The lowest BCUT2D eigenvalue weighted by molar-refractivity contribution is -0.135. The first-order valence-corrected chi connectivity index (χ1v) is 8.93. The maximum atomic E-state index is 12.5. The summed E-state index contributed by atoms with van der Waals surface area (Å²) in [5, 5.41) is 0. The van der Waals surface area contributed by atoms with Crippen molar-refractivity contribution in [1.82, 2.24) is 9.88 Å². The van der Waals surface area contributed by atoms with Gasteiger partial charge in [-0.15, -0.1) is 0 Å². The number of amides is 1. The minimum atomic E-state index is 0.217. The third kappa shape index (κ3) is 3.51. The van der Waals surface area contributed by atoms with Gasteiger partial charge in [0.15, 0.2) is 0 Å². The molecule has 0 unspecified atom stereocenters. The van der Waals surface area contributed by atoms with Gasteiger partial charge >= 0.3 is 0 Å². The van der Waals surface area contributed by atoms with E-state index in [1.807, 2.05) is 24.0 Å². The predicted octanol–water partition coefficient (Wildman–Crippen LogP) is 2.18. The van der Waals surface area contributed by atoms with Gasteiger partial charge in [0.2, 0.25) is 5.91 Å². The molecule has 1 aromatic rings. The van der Waals surface area contributed by atoms with Crippen molar-refractivity contribution in [3.05, 3.63) is 23.9 Å². The Morgan fingerprint density at radius 1 is 1.24 bits per heavy atom. The number of hydrogen-bond acceptors (Lipinski definition) is 4. The summed E-state index contributed by atoms with van der Waals surface area (Å²) in [5.74, 6) is 3.84. The van der Waals surface area contributed by atoms with E-state index >= 15 is 0 Å². The molecule has 0 saturated carbocycles. The van der Waals surface area contributed by atoms with E-state index in [0.29, 0.717) is 5.91 Å². The number of anilines is 1. The molecule has 4 nitrogen and oxygen atoms in total. The van der Waals surface area contributed by atoms with E-state index in [0.717, 1.165) is 56.3 Å². The number of hydrogen-bond donors (Lipinski definition) is 0. The second kappa shape index (κ2) is 6.69. The van der Waals surface area contributed by atoms with Crippen molar-refractivity contribution in [2.24, 2.45) is 5.92 Å². The molecule has 1 aromatic heterocycles. The van der Waals surface area contributed by atoms with Gasteiger partial charge in [-0.05, 0) is 37.5 Å². The molecule has 5 heteroatoms. The summed E-state index contributed by atoms with van der Waals surface area (Å²) in [5.41, 5.74) is 1.24. The van der Waals surface area contributed by atoms with Gasteiger partial charge in [0.1, 0.15) is 5.82 Å². The van der Waals surface area contributed by atoms with Gasteiger partial charge in [-0.25, -0.2) is 4.98 Å². The van der Waals surface area contributed by atoms with Crippen LogP contribution < -0.4 is 4.90 Å². The molecule has 2 saturated heterocycles. The lowest BCUT2D eigenvalue weighted by Crippen LogP contribution is -2.45. The number of thioether (sulfide) groups is 1. The van der Waals surface area contributed by atoms with Crippen LogP contribution in [0.1, 0.15) is 18.4 Å². The van der Waals surface area contributed by atoms with Gasteiger partial charge in [-0.2, -0.15) is 11.8 Å². The van der Waals surface area contributed by atoms with Crippen molar-refractivity contribution < 1.29 is 4.79 Å². The Labute approximate surface area is 130 Å². The molecule has 0 atom stereocenters. The first-order valence-electron chi connectivity index (χ1n) is 7.78. The summed E-state index contributed by atoms with van der Waals surface area (Å²) in [4.78, 5) is 21.4. The number of carbonyl (C=O) groups is 1. The number of nitrogens with zero attached hydrogens (tertiary/aromatic N) is 3. The van der Waals surface area contributed by atoms with Crippen LogP contribution in [0.4, 0.5) is 5.82 Å². The highest BCUT2D eigenvalue weighted by atomic mass is 32.2. The second-order valence-electron chi connectivity index (χ2n) is 5.89. The van der Waals surface area contributed by atoms with Crippen LogP contribution in [-0.2, 0) is 4.79 Å². The Balaban J connectivity index is 1.56. The molecule has 1 amide bonds.